The van der Waals surface area contributed by atoms with Gasteiger partial charge in [-0.2, -0.15) is 0 Å². The van der Waals surface area contributed by atoms with Gasteiger partial charge in [-0.05, 0) is 93.5 Å². The quantitative estimate of drug-likeness (QED) is 0.257. The molecule has 4 aliphatic rings. The molecule has 2 heterocycles. The van der Waals surface area contributed by atoms with Crippen LogP contribution in [0.25, 0.3) is 12.2 Å². The van der Waals surface area contributed by atoms with Crippen molar-refractivity contribution < 1.29 is 0 Å². The van der Waals surface area contributed by atoms with Crippen LogP contribution < -0.4 is 9.80 Å². The van der Waals surface area contributed by atoms with E-state index in [1.807, 2.05) is 0 Å². The molecule has 0 amide bonds. The summed E-state index contributed by atoms with van der Waals surface area (Å²) in [6.45, 7) is 9.43. The van der Waals surface area contributed by atoms with Crippen molar-refractivity contribution in [2.45, 2.75) is 70.9 Å². The largest absolute Gasteiger partial charge is 0.338 e. The number of hydrogen-bond acceptors (Lipinski definition) is 2. The van der Waals surface area contributed by atoms with Gasteiger partial charge in [0.15, 0.2) is 0 Å². The lowest BCUT2D eigenvalue weighted by atomic mass is 9.82. The summed E-state index contributed by atoms with van der Waals surface area (Å²) in [5.74, 6) is 0.875. The highest BCUT2D eigenvalue weighted by Crippen LogP contribution is 2.52. The molecule has 0 fully saturated rings. The zero-order valence-corrected chi connectivity index (χ0v) is 24.6. The number of anilines is 4. The molecule has 41 heavy (non-hydrogen) atoms. The van der Waals surface area contributed by atoms with Gasteiger partial charge in [-0.3, -0.25) is 0 Å². The normalized spacial score (nSPS) is 23.7. The molecule has 0 bridgehead atoms. The van der Waals surface area contributed by atoms with Crippen molar-refractivity contribution in [1.29, 1.82) is 0 Å². The molecule has 4 aromatic rings. The number of benzene rings is 4. The summed E-state index contributed by atoms with van der Waals surface area (Å²) in [4.78, 5) is 5.16. The molecule has 0 aromatic heterocycles. The van der Waals surface area contributed by atoms with Crippen molar-refractivity contribution in [2.75, 3.05) is 9.80 Å². The third-order valence-corrected chi connectivity index (χ3v) is 10.2. The maximum atomic E-state index is 2.58. The average Bonchev–Trinajstić information content (AvgIpc) is 3.68. The van der Waals surface area contributed by atoms with Crippen LogP contribution in [0.1, 0.15) is 79.3 Å². The van der Waals surface area contributed by atoms with E-state index in [-0.39, 0.29) is 0 Å². The number of rotatable bonds is 4. The van der Waals surface area contributed by atoms with E-state index < -0.39 is 0 Å². The van der Waals surface area contributed by atoms with E-state index in [2.05, 4.69) is 135 Å². The van der Waals surface area contributed by atoms with E-state index in [4.69, 9.17) is 0 Å². The second kappa shape index (κ2) is 9.24. The predicted molar refractivity (Wildman–Crippen MR) is 174 cm³/mol. The first-order chi connectivity index (χ1) is 20.0. The Balaban J connectivity index is 1.14. The topological polar surface area (TPSA) is 6.48 Å². The fourth-order valence-corrected chi connectivity index (χ4v) is 8.36. The molecule has 2 nitrogen and oxygen atoms in total. The van der Waals surface area contributed by atoms with E-state index in [1.165, 1.54) is 67.3 Å². The Bertz CT molecular complexity index is 1630. The van der Waals surface area contributed by atoms with Crippen LogP contribution in [0, 0.1) is 0 Å². The standard InChI is InChI=1S/C39H38N2/c1-24-19-34-30(13-9-17-38(34)40-26(3)21-28-11-5-7-15-36(28)40)32(24)23-33-25(2)20-35-31(33)14-10-18-39(35)41-27(4)22-29-12-6-8-16-37(29)41/h5-20,26-27,32-33H,21-23H2,1-4H3. The summed E-state index contributed by atoms with van der Waals surface area (Å²) in [6.07, 6.45) is 8.30. The highest BCUT2D eigenvalue weighted by Gasteiger charge is 2.36. The molecular weight excluding hydrogens is 496 g/mol. The lowest BCUT2D eigenvalue weighted by Crippen LogP contribution is -2.24. The van der Waals surface area contributed by atoms with Crippen molar-refractivity contribution >= 4 is 34.9 Å². The Labute approximate surface area is 244 Å². The number of para-hydroxylation sites is 2. The van der Waals surface area contributed by atoms with Crippen molar-refractivity contribution in [3.05, 3.63) is 129 Å². The maximum Gasteiger partial charge on any atom is 0.0490 e. The van der Waals surface area contributed by atoms with Gasteiger partial charge in [-0.1, -0.05) is 84.0 Å². The summed E-state index contributed by atoms with van der Waals surface area (Å²) < 4.78 is 0. The van der Waals surface area contributed by atoms with E-state index in [0.717, 1.165) is 19.3 Å². The van der Waals surface area contributed by atoms with Crippen molar-refractivity contribution in [3.63, 3.8) is 0 Å². The lowest BCUT2D eigenvalue weighted by Gasteiger charge is -2.29. The van der Waals surface area contributed by atoms with Gasteiger partial charge in [0.05, 0.1) is 0 Å². The summed E-state index contributed by atoms with van der Waals surface area (Å²) in [5.41, 5.74) is 17.2. The monoisotopic (exact) mass is 534 g/mol. The Morgan fingerprint density at radius 1 is 0.537 bits per heavy atom. The minimum atomic E-state index is 0.437. The van der Waals surface area contributed by atoms with Crippen LogP contribution in [0.15, 0.2) is 96.1 Å². The minimum absolute atomic E-state index is 0.437. The number of hydrogen-bond donors (Lipinski definition) is 0. The SMILES string of the molecule is CC1=Cc2c(cccc2N2c3ccccc3CC2C)C1CC1C(C)=Cc2c1cccc2N1c2ccccc2CC1C. The molecule has 0 spiro atoms. The van der Waals surface area contributed by atoms with Crippen LogP contribution in [0.3, 0.4) is 0 Å². The second-order valence-corrected chi connectivity index (χ2v) is 12.8. The van der Waals surface area contributed by atoms with Crippen LogP contribution in [-0.2, 0) is 12.8 Å². The highest BCUT2D eigenvalue weighted by molar-refractivity contribution is 5.85. The molecule has 4 aromatic carbocycles. The van der Waals surface area contributed by atoms with Crippen LogP contribution >= 0.6 is 0 Å². The smallest absolute Gasteiger partial charge is 0.0490 e. The zero-order chi connectivity index (χ0) is 27.8. The van der Waals surface area contributed by atoms with Gasteiger partial charge in [0, 0.05) is 57.8 Å². The van der Waals surface area contributed by atoms with E-state index in [0.29, 0.717) is 23.9 Å². The zero-order valence-electron chi connectivity index (χ0n) is 24.6. The van der Waals surface area contributed by atoms with Gasteiger partial charge in [0.2, 0.25) is 0 Å². The third-order valence-electron chi connectivity index (χ3n) is 10.2. The predicted octanol–water partition coefficient (Wildman–Crippen LogP) is 9.94. The molecule has 2 aliphatic heterocycles. The Morgan fingerprint density at radius 3 is 1.41 bits per heavy atom. The molecule has 2 heteroatoms. The van der Waals surface area contributed by atoms with E-state index >= 15 is 0 Å². The van der Waals surface area contributed by atoms with Crippen LogP contribution in [0.2, 0.25) is 0 Å². The van der Waals surface area contributed by atoms with Gasteiger partial charge in [-0.15, -0.1) is 0 Å². The van der Waals surface area contributed by atoms with Gasteiger partial charge < -0.3 is 9.80 Å². The van der Waals surface area contributed by atoms with Crippen molar-refractivity contribution in [3.8, 4) is 0 Å². The first kappa shape index (κ1) is 24.7. The van der Waals surface area contributed by atoms with Crippen LogP contribution in [-0.4, -0.2) is 12.1 Å². The molecule has 204 valence electrons. The molecule has 2 aliphatic carbocycles. The molecule has 4 atom stereocenters. The van der Waals surface area contributed by atoms with Gasteiger partial charge in [0.1, 0.15) is 0 Å². The summed E-state index contributed by atoms with van der Waals surface area (Å²) >= 11 is 0. The van der Waals surface area contributed by atoms with Crippen molar-refractivity contribution in [1.82, 2.24) is 0 Å². The Hall–Kier alpha value is -4.04. The fourth-order valence-electron chi connectivity index (χ4n) is 8.36. The molecule has 0 N–H and O–H groups in total. The van der Waals surface area contributed by atoms with E-state index in [1.54, 1.807) is 0 Å². The average molecular weight is 535 g/mol. The van der Waals surface area contributed by atoms with Gasteiger partial charge in [-0.25, -0.2) is 0 Å². The first-order valence-corrected chi connectivity index (χ1v) is 15.4. The van der Waals surface area contributed by atoms with Crippen LogP contribution in [0.5, 0.6) is 0 Å². The fraction of sp³-hybridized carbons (Fsp3) is 0.282. The van der Waals surface area contributed by atoms with E-state index in [9.17, 15) is 0 Å². The highest BCUT2D eigenvalue weighted by atomic mass is 15.2. The molecule has 0 saturated heterocycles. The van der Waals surface area contributed by atoms with Crippen molar-refractivity contribution in [2.24, 2.45) is 0 Å². The Morgan fingerprint density at radius 2 is 0.951 bits per heavy atom. The molecule has 0 radical (unpaired) electrons. The molecule has 4 unspecified atom stereocenters. The molecule has 0 saturated carbocycles. The van der Waals surface area contributed by atoms with Gasteiger partial charge >= 0.3 is 0 Å². The number of fused-ring (bicyclic) bond motifs is 4. The second-order valence-electron chi connectivity index (χ2n) is 12.8. The number of nitrogens with zero attached hydrogens (tertiary/aromatic N) is 2. The lowest BCUT2D eigenvalue weighted by molar-refractivity contribution is 0.642. The molecule has 8 rings (SSSR count). The minimum Gasteiger partial charge on any atom is -0.338 e. The summed E-state index contributed by atoms with van der Waals surface area (Å²) in [7, 11) is 0. The first-order valence-electron chi connectivity index (χ1n) is 15.4. The number of allylic oxidation sites excluding steroid dienone is 2. The Kier molecular flexibility index (Phi) is 5.57. The summed E-state index contributed by atoms with van der Waals surface area (Å²) in [6, 6.07) is 32.8. The third kappa shape index (κ3) is 3.69. The maximum absolute atomic E-state index is 2.58. The molecular formula is C39H38N2. The summed E-state index contributed by atoms with van der Waals surface area (Å²) in [5, 5.41) is 0. The van der Waals surface area contributed by atoms with Crippen LogP contribution in [0.4, 0.5) is 22.7 Å². The van der Waals surface area contributed by atoms with Gasteiger partial charge in [0.25, 0.3) is 0 Å².